The van der Waals surface area contributed by atoms with Crippen molar-refractivity contribution < 1.29 is 9.90 Å². The molecular weight excluding hydrogens is 274 g/mol. The van der Waals surface area contributed by atoms with Crippen LogP contribution in [0.25, 0.3) is 10.6 Å². The average molecular weight is 291 g/mol. The fourth-order valence-corrected chi connectivity index (χ4v) is 2.46. The molecule has 0 aliphatic rings. The molecule has 0 saturated carbocycles. The minimum Gasteiger partial charge on any atom is -0.480 e. The normalized spacial score (nSPS) is 12.1. The number of hydrogen-bond acceptors (Lipinski definition) is 5. The van der Waals surface area contributed by atoms with Crippen LogP contribution in [-0.2, 0) is 4.79 Å². The van der Waals surface area contributed by atoms with Gasteiger partial charge in [-0.25, -0.2) is 4.79 Å². The molecule has 106 valence electrons. The molecule has 1 aromatic heterocycles. The number of carboxylic acid groups (broad SMARTS) is 1. The lowest BCUT2D eigenvalue weighted by Crippen LogP contribution is -2.29. The van der Waals surface area contributed by atoms with Crippen LogP contribution in [0.3, 0.4) is 0 Å². The van der Waals surface area contributed by atoms with Crippen LogP contribution in [0.1, 0.15) is 26.2 Å². The second-order valence-corrected chi connectivity index (χ2v) is 5.34. The summed E-state index contributed by atoms with van der Waals surface area (Å²) < 4.78 is 0. The second kappa shape index (κ2) is 7.00. The van der Waals surface area contributed by atoms with Crippen LogP contribution in [0, 0.1) is 0 Å². The van der Waals surface area contributed by atoms with E-state index in [4.69, 9.17) is 0 Å². The van der Waals surface area contributed by atoms with Gasteiger partial charge in [0.05, 0.1) is 0 Å². The highest BCUT2D eigenvalue weighted by molar-refractivity contribution is 7.12. The molecule has 0 fully saturated rings. The number of anilines is 1. The van der Waals surface area contributed by atoms with E-state index in [2.05, 4.69) is 22.4 Å². The van der Waals surface area contributed by atoms with Gasteiger partial charge in [-0.3, -0.25) is 0 Å². The largest absolute Gasteiger partial charge is 0.480 e. The maximum Gasteiger partial charge on any atom is 0.326 e. The van der Waals surface area contributed by atoms with E-state index in [0.717, 1.165) is 29.1 Å². The predicted molar refractivity (Wildman–Crippen MR) is 79.9 cm³/mol. The highest BCUT2D eigenvalue weighted by Gasteiger charge is 2.16. The molecule has 5 nitrogen and oxygen atoms in total. The quantitative estimate of drug-likeness (QED) is 0.819. The minimum atomic E-state index is -0.820. The third kappa shape index (κ3) is 3.77. The maximum atomic E-state index is 11.2. The molecule has 6 heteroatoms. The first-order valence-electron chi connectivity index (χ1n) is 6.56. The van der Waals surface area contributed by atoms with Crippen molar-refractivity contribution in [3.63, 3.8) is 0 Å². The lowest BCUT2D eigenvalue weighted by atomic mass is 10.1. The molecule has 0 aliphatic carbocycles. The van der Waals surface area contributed by atoms with Crippen LogP contribution in [0.15, 0.2) is 29.8 Å². The van der Waals surface area contributed by atoms with Gasteiger partial charge < -0.3 is 10.4 Å². The van der Waals surface area contributed by atoms with E-state index in [1.54, 1.807) is 5.51 Å². The van der Waals surface area contributed by atoms with Gasteiger partial charge >= 0.3 is 5.97 Å². The van der Waals surface area contributed by atoms with Crippen molar-refractivity contribution in [2.75, 3.05) is 5.32 Å². The molecule has 1 atom stereocenters. The molecule has 0 saturated heterocycles. The van der Waals surface area contributed by atoms with Gasteiger partial charge in [-0.1, -0.05) is 43.2 Å². The van der Waals surface area contributed by atoms with Gasteiger partial charge in [0.25, 0.3) is 0 Å². The molecule has 1 aromatic carbocycles. The number of aliphatic carboxylic acids is 1. The molecular formula is C14H17N3O2S. The molecule has 0 amide bonds. The summed E-state index contributed by atoms with van der Waals surface area (Å²) in [7, 11) is 0. The monoisotopic (exact) mass is 291 g/mol. The van der Waals surface area contributed by atoms with Crippen molar-refractivity contribution in [3.8, 4) is 10.6 Å². The lowest BCUT2D eigenvalue weighted by Gasteiger charge is -2.15. The average Bonchev–Trinajstić information content (AvgIpc) is 2.97. The van der Waals surface area contributed by atoms with Crippen LogP contribution in [-0.4, -0.2) is 27.3 Å². The van der Waals surface area contributed by atoms with Gasteiger partial charge in [-0.2, -0.15) is 0 Å². The van der Waals surface area contributed by atoms with Crippen molar-refractivity contribution in [2.24, 2.45) is 0 Å². The van der Waals surface area contributed by atoms with E-state index in [0.29, 0.717) is 6.42 Å². The van der Waals surface area contributed by atoms with E-state index in [9.17, 15) is 9.90 Å². The first kappa shape index (κ1) is 14.5. The first-order chi connectivity index (χ1) is 9.70. The Morgan fingerprint density at radius 3 is 3.00 bits per heavy atom. The van der Waals surface area contributed by atoms with Gasteiger partial charge in [-0.15, -0.1) is 10.2 Å². The number of unbranched alkanes of at least 4 members (excludes halogenated alkanes) is 1. The fourth-order valence-electron chi connectivity index (χ4n) is 1.91. The minimum absolute atomic E-state index is 0.556. The third-order valence-electron chi connectivity index (χ3n) is 2.95. The van der Waals surface area contributed by atoms with Crippen molar-refractivity contribution >= 4 is 23.0 Å². The number of carboxylic acids is 1. The van der Waals surface area contributed by atoms with Crippen LogP contribution in [0.5, 0.6) is 0 Å². The van der Waals surface area contributed by atoms with E-state index < -0.39 is 12.0 Å². The molecule has 0 spiro atoms. The summed E-state index contributed by atoms with van der Waals surface area (Å²) in [5.74, 6) is -0.820. The summed E-state index contributed by atoms with van der Waals surface area (Å²) >= 11 is 1.46. The van der Waals surface area contributed by atoms with Gasteiger partial charge in [0, 0.05) is 11.3 Å². The Labute approximate surface area is 121 Å². The van der Waals surface area contributed by atoms with Crippen LogP contribution in [0.4, 0.5) is 5.69 Å². The zero-order chi connectivity index (χ0) is 14.4. The number of hydrogen-bond donors (Lipinski definition) is 2. The Morgan fingerprint density at radius 1 is 1.50 bits per heavy atom. The van der Waals surface area contributed by atoms with Crippen molar-refractivity contribution in [3.05, 3.63) is 29.8 Å². The van der Waals surface area contributed by atoms with Crippen molar-refractivity contribution in [1.82, 2.24) is 10.2 Å². The molecule has 0 radical (unpaired) electrons. The summed E-state index contributed by atoms with van der Waals surface area (Å²) in [6.45, 7) is 2.05. The molecule has 1 heterocycles. The number of nitrogens with one attached hydrogen (secondary N) is 1. The van der Waals surface area contributed by atoms with Crippen LogP contribution < -0.4 is 5.32 Å². The Hall–Kier alpha value is -1.95. The smallest absolute Gasteiger partial charge is 0.326 e. The molecule has 2 rings (SSSR count). The predicted octanol–water partition coefficient (Wildman–Crippen LogP) is 3.26. The van der Waals surface area contributed by atoms with Crippen molar-refractivity contribution in [1.29, 1.82) is 0 Å². The van der Waals surface area contributed by atoms with E-state index in [1.807, 2.05) is 24.3 Å². The number of nitrogens with zero attached hydrogens (tertiary/aromatic N) is 2. The lowest BCUT2D eigenvalue weighted by molar-refractivity contribution is -0.138. The molecule has 0 aliphatic heterocycles. The topological polar surface area (TPSA) is 75.1 Å². The Kier molecular flexibility index (Phi) is 5.06. The number of carbonyl (C=O) groups is 1. The zero-order valence-corrected chi connectivity index (χ0v) is 12.1. The zero-order valence-electron chi connectivity index (χ0n) is 11.2. The SMILES string of the molecule is CCCC[C@H](Nc1cccc(-c2nncs2)c1)C(=O)O. The van der Waals surface area contributed by atoms with Gasteiger partial charge in [0.15, 0.2) is 0 Å². The second-order valence-electron chi connectivity index (χ2n) is 4.50. The highest BCUT2D eigenvalue weighted by Crippen LogP contribution is 2.24. The van der Waals surface area contributed by atoms with Crippen LogP contribution in [0.2, 0.25) is 0 Å². The summed E-state index contributed by atoms with van der Waals surface area (Å²) in [6, 6.07) is 7.04. The van der Waals surface area contributed by atoms with E-state index in [-0.39, 0.29) is 0 Å². The molecule has 2 aromatic rings. The van der Waals surface area contributed by atoms with Crippen LogP contribution >= 0.6 is 11.3 Å². The Morgan fingerprint density at radius 2 is 2.35 bits per heavy atom. The Balaban J connectivity index is 2.12. The third-order valence-corrected chi connectivity index (χ3v) is 3.70. The summed E-state index contributed by atoms with van der Waals surface area (Å²) in [4.78, 5) is 11.2. The Bertz CT molecular complexity index is 557. The fraction of sp³-hybridized carbons (Fsp3) is 0.357. The summed E-state index contributed by atoms with van der Waals surface area (Å²) in [5.41, 5.74) is 3.41. The molecule has 0 bridgehead atoms. The van der Waals surface area contributed by atoms with Crippen molar-refractivity contribution in [2.45, 2.75) is 32.2 Å². The van der Waals surface area contributed by atoms with E-state index >= 15 is 0 Å². The highest BCUT2D eigenvalue weighted by atomic mass is 32.1. The first-order valence-corrected chi connectivity index (χ1v) is 7.44. The van der Waals surface area contributed by atoms with Gasteiger partial charge in [0.2, 0.25) is 0 Å². The summed E-state index contributed by atoms with van der Waals surface area (Å²) in [6.07, 6.45) is 2.49. The molecule has 20 heavy (non-hydrogen) atoms. The number of benzene rings is 1. The number of rotatable bonds is 7. The maximum absolute atomic E-state index is 11.2. The molecule has 0 unspecified atom stereocenters. The standard InChI is InChI=1S/C14H17N3O2S/c1-2-3-7-12(14(18)19)16-11-6-4-5-10(8-11)13-17-15-9-20-13/h4-6,8-9,12,16H,2-3,7H2,1H3,(H,18,19)/t12-/m0/s1. The number of aromatic nitrogens is 2. The van der Waals surface area contributed by atoms with Gasteiger partial charge in [-0.05, 0) is 18.6 Å². The molecule has 2 N–H and O–H groups in total. The van der Waals surface area contributed by atoms with E-state index in [1.165, 1.54) is 11.3 Å². The summed E-state index contributed by atoms with van der Waals surface area (Å²) in [5, 5.41) is 21.0. The van der Waals surface area contributed by atoms with Gasteiger partial charge in [0.1, 0.15) is 16.6 Å².